The fourth-order valence-electron chi connectivity index (χ4n) is 1.48. The lowest BCUT2D eigenvalue weighted by Gasteiger charge is -2.11. The Morgan fingerprint density at radius 2 is 1.85 bits per heavy atom. The van der Waals surface area contributed by atoms with Gasteiger partial charge in [-0.2, -0.15) is 4.98 Å². The molecule has 0 radical (unpaired) electrons. The van der Waals surface area contributed by atoms with Gasteiger partial charge in [-0.15, -0.1) is 0 Å². The molecule has 2 aromatic rings. The first-order valence-electron chi connectivity index (χ1n) is 5.69. The molecule has 2 rings (SSSR count). The van der Waals surface area contributed by atoms with Crippen molar-refractivity contribution < 1.29 is 8.78 Å². The third kappa shape index (κ3) is 3.26. The molecule has 0 aliphatic heterocycles. The van der Waals surface area contributed by atoms with Crippen LogP contribution in [0.25, 0.3) is 0 Å². The van der Waals surface area contributed by atoms with E-state index in [0.29, 0.717) is 6.54 Å². The van der Waals surface area contributed by atoms with Crippen molar-refractivity contribution in [1.29, 1.82) is 0 Å². The minimum Gasteiger partial charge on any atom is -0.354 e. The molecule has 0 aliphatic rings. The van der Waals surface area contributed by atoms with Gasteiger partial charge in [0.05, 0.1) is 21.9 Å². The molecule has 1 aromatic carbocycles. The second-order valence-electron chi connectivity index (χ2n) is 3.79. The van der Waals surface area contributed by atoms with E-state index in [2.05, 4.69) is 20.6 Å². The first kappa shape index (κ1) is 14.7. The van der Waals surface area contributed by atoms with Crippen molar-refractivity contribution in [3.8, 4) is 0 Å². The molecule has 1 heterocycles. The van der Waals surface area contributed by atoms with Gasteiger partial charge in [-0.3, -0.25) is 0 Å². The number of aromatic nitrogens is 2. The van der Waals surface area contributed by atoms with Gasteiger partial charge in [0.25, 0.3) is 0 Å². The quantitative estimate of drug-likeness (QED) is 0.885. The van der Waals surface area contributed by atoms with Crippen LogP contribution in [0.1, 0.15) is 6.92 Å². The topological polar surface area (TPSA) is 49.8 Å². The lowest BCUT2D eigenvalue weighted by molar-refractivity contribution is 0.619. The summed E-state index contributed by atoms with van der Waals surface area (Å²) in [6, 6.07) is 2.14. The Morgan fingerprint density at radius 1 is 1.20 bits per heavy atom. The summed E-state index contributed by atoms with van der Waals surface area (Å²) in [4.78, 5) is 7.71. The van der Waals surface area contributed by atoms with Crippen molar-refractivity contribution in [3.05, 3.63) is 40.0 Å². The maximum absolute atomic E-state index is 13.7. The van der Waals surface area contributed by atoms with E-state index in [0.717, 1.165) is 18.3 Å². The van der Waals surface area contributed by atoms with E-state index in [1.165, 1.54) is 0 Å². The summed E-state index contributed by atoms with van der Waals surface area (Å²) < 4.78 is 26.7. The second kappa shape index (κ2) is 6.19. The third-order valence-corrected chi connectivity index (χ3v) is 2.93. The summed E-state index contributed by atoms with van der Waals surface area (Å²) in [5.41, 5.74) is 0.176. The molecule has 0 fully saturated rings. The minimum absolute atomic E-state index is 0.0259. The lowest BCUT2D eigenvalue weighted by Crippen LogP contribution is -2.06. The van der Waals surface area contributed by atoms with Gasteiger partial charge in [0.1, 0.15) is 5.82 Å². The highest BCUT2D eigenvalue weighted by Crippen LogP contribution is 2.33. The molecule has 20 heavy (non-hydrogen) atoms. The molecule has 1 aromatic heterocycles. The van der Waals surface area contributed by atoms with Crippen LogP contribution in [-0.2, 0) is 0 Å². The highest BCUT2D eigenvalue weighted by atomic mass is 35.5. The van der Waals surface area contributed by atoms with Crippen LogP contribution in [0.5, 0.6) is 0 Å². The van der Waals surface area contributed by atoms with Gasteiger partial charge in [0.2, 0.25) is 5.95 Å². The maximum Gasteiger partial charge on any atom is 0.224 e. The number of hydrogen-bond donors (Lipinski definition) is 2. The molecule has 106 valence electrons. The highest BCUT2D eigenvalue weighted by molar-refractivity contribution is 6.39. The molecule has 0 saturated carbocycles. The summed E-state index contributed by atoms with van der Waals surface area (Å²) in [6.45, 7) is 2.44. The zero-order chi connectivity index (χ0) is 14.7. The second-order valence-corrected chi connectivity index (χ2v) is 4.60. The Labute approximate surface area is 124 Å². The van der Waals surface area contributed by atoms with Crippen LogP contribution in [-0.4, -0.2) is 16.5 Å². The molecule has 0 spiro atoms. The first-order valence-corrected chi connectivity index (χ1v) is 6.44. The number of hydrogen-bond acceptors (Lipinski definition) is 4. The van der Waals surface area contributed by atoms with Crippen LogP contribution < -0.4 is 10.6 Å². The molecule has 0 saturated heterocycles. The summed E-state index contributed by atoms with van der Waals surface area (Å²) in [5.74, 6) is -1.11. The average molecular weight is 319 g/mol. The molecule has 0 bridgehead atoms. The summed E-state index contributed by atoms with van der Waals surface area (Å²) in [6.07, 6.45) is 1.01. The van der Waals surface area contributed by atoms with Gasteiger partial charge in [0.15, 0.2) is 11.6 Å². The van der Waals surface area contributed by atoms with Crippen molar-refractivity contribution in [2.24, 2.45) is 0 Å². The van der Waals surface area contributed by atoms with Crippen molar-refractivity contribution >= 4 is 40.7 Å². The zero-order valence-corrected chi connectivity index (χ0v) is 11.9. The van der Waals surface area contributed by atoms with Crippen molar-refractivity contribution in [1.82, 2.24) is 9.97 Å². The van der Waals surface area contributed by atoms with Gasteiger partial charge in [-0.25, -0.2) is 13.8 Å². The number of anilines is 3. The van der Waals surface area contributed by atoms with E-state index < -0.39 is 11.6 Å². The van der Waals surface area contributed by atoms with E-state index in [4.69, 9.17) is 23.2 Å². The predicted octanol–water partition coefficient (Wildman–Crippen LogP) is 4.24. The Kier molecular flexibility index (Phi) is 4.57. The fraction of sp³-hybridized carbons (Fsp3) is 0.167. The van der Waals surface area contributed by atoms with Gasteiger partial charge in [-0.1, -0.05) is 23.2 Å². The number of rotatable bonds is 4. The lowest BCUT2D eigenvalue weighted by atomic mass is 10.3. The number of benzene rings is 1. The van der Waals surface area contributed by atoms with Crippen LogP contribution in [0.3, 0.4) is 0 Å². The minimum atomic E-state index is -0.678. The number of halogens is 4. The molecule has 0 amide bonds. The van der Waals surface area contributed by atoms with E-state index in [9.17, 15) is 8.78 Å². The molecule has 2 N–H and O–H groups in total. The number of nitrogens with one attached hydrogen (secondary N) is 2. The van der Waals surface area contributed by atoms with E-state index >= 15 is 0 Å². The molecular weight excluding hydrogens is 309 g/mol. The SMILES string of the molecule is CCNc1ncc(F)c(Nc2c(Cl)cc(F)cc2Cl)n1. The Bertz CT molecular complexity index is 614. The monoisotopic (exact) mass is 318 g/mol. The zero-order valence-electron chi connectivity index (χ0n) is 10.3. The molecule has 0 unspecified atom stereocenters. The smallest absolute Gasteiger partial charge is 0.224 e. The molecule has 0 atom stereocenters. The molecular formula is C12H10Cl2F2N4. The van der Waals surface area contributed by atoms with E-state index in [1.807, 2.05) is 6.92 Å². The summed E-state index contributed by atoms with van der Waals surface area (Å²) >= 11 is 11.7. The largest absolute Gasteiger partial charge is 0.354 e. The normalized spacial score (nSPS) is 10.4. The van der Waals surface area contributed by atoms with E-state index in [1.54, 1.807) is 0 Å². The summed E-state index contributed by atoms with van der Waals surface area (Å²) in [7, 11) is 0. The number of nitrogens with zero attached hydrogens (tertiary/aromatic N) is 2. The molecule has 8 heteroatoms. The van der Waals surface area contributed by atoms with Crippen LogP contribution in [0.15, 0.2) is 18.3 Å². The Hall–Kier alpha value is -1.66. The van der Waals surface area contributed by atoms with Gasteiger partial charge in [0, 0.05) is 6.54 Å². The van der Waals surface area contributed by atoms with Crippen LogP contribution >= 0.6 is 23.2 Å². The predicted molar refractivity (Wildman–Crippen MR) is 75.9 cm³/mol. The summed E-state index contributed by atoms with van der Waals surface area (Å²) in [5, 5.41) is 5.53. The van der Waals surface area contributed by atoms with Gasteiger partial charge in [-0.05, 0) is 19.1 Å². The molecule has 4 nitrogen and oxygen atoms in total. The van der Waals surface area contributed by atoms with E-state index in [-0.39, 0.29) is 27.5 Å². The van der Waals surface area contributed by atoms with Crippen LogP contribution in [0, 0.1) is 11.6 Å². The maximum atomic E-state index is 13.7. The van der Waals surface area contributed by atoms with Crippen LogP contribution in [0.4, 0.5) is 26.2 Å². The van der Waals surface area contributed by atoms with Crippen LogP contribution in [0.2, 0.25) is 10.0 Å². The Balaban J connectivity index is 2.37. The molecule has 0 aliphatic carbocycles. The van der Waals surface area contributed by atoms with Gasteiger partial charge < -0.3 is 10.6 Å². The third-order valence-electron chi connectivity index (χ3n) is 2.33. The Morgan fingerprint density at radius 3 is 2.45 bits per heavy atom. The van der Waals surface area contributed by atoms with Crippen molar-refractivity contribution in [2.75, 3.05) is 17.2 Å². The van der Waals surface area contributed by atoms with Crippen molar-refractivity contribution in [3.63, 3.8) is 0 Å². The highest BCUT2D eigenvalue weighted by Gasteiger charge is 2.13. The van der Waals surface area contributed by atoms with Crippen molar-refractivity contribution in [2.45, 2.75) is 6.92 Å². The van der Waals surface area contributed by atoms with Gasteiger partial charge >= 0.3 is 0 Å². The fourth-order valence-corrected chi connectivity index (χ4v) is 2.03. The first-order chi connectivity index (χ1) is 9.51. The standard InChI is InChI=1S/C12H10Cl2F2N4/c1-2-17-12-18-5-9(16)11(20-12)19-10-7(13)3-6(15)4-8(10)14/h3-5H,2H2,1H3,(H2,17,18,19,20). The average Bonchev–Trinajstić information content (AvgIpc) is 2.37.